The molecule has 1 aromatic heterocycles. The molecule has 86 valence electrons. The molecule has 2 nitrogen and oxygen atoms in total. The van der Waals surface area contributed by atoms with Gasteiger partial charge in [0.25, 0.3) is 0 Å². The lowest BCUT2D eigenvalue weighted by Crippen LogP contribution is -2.28. The molecular weight excluding hydrogens is 224 g/mol. The molecule has 4 heteroatoms. The first-order chi connectivity index (χ1) is 7.13. The lowest BCUT2D eigenvalue weighted by molar-refractivity contribution is 0.467. The average molecular weight is 244 g/mol. The van der Waals surface area contributed by atoms with Crippen LogP contribution < -0.4 is 5.32 Å². The van der Waals surface area contributed by atoms with Gasteiger partial charge in [0.05, 0.1) is 6.04 Å². The molecule has 0 fully saturated rings. The number of aryl methyl sites for hydroxylation is 1. The van der Waals surface area contributed by atoms with Crippen LogP contribution in [0, 0.1) is 6.92 Å². The Kier molecular flexibility index (Phi) is 5.64. The normalized spacial score (nSPS) is 13.4. The molecule has 1 unspecified atom stereocenters. The topological polar surface area (TPSA) is 24.9 Å². The predicted molar refractivity (Wildman–Crippen MR) is 70.9 cm³/mol. The Morgan fingerprint density at radius 3 is 2.73 bits per heavy atom. The maximum atomic E-state index is 4.56. The molecular formula is C11H20N2S2. The van der Waals surface area contributed by atoms with Crippen molar-refractivity contribution in [1.29, 1.82) is 0 Å². The summed E-state index contributed by atoms with van der Waals surface area (Å²) in [5.74, 6) is 1.18. The van der Waals surface area contributed by atoms with Crippen molar-refractivity contribution in [1.82, 2.24) is 10.3 Å². The summed E-state index contributed by atoms with van der Waals surface area (Å²) in [4.78, 5) is 4.56. The van der Waals surface area contributed by atoms with Crippen molar-refractivity contribution in [2.45, 2.75) is 39.3 Å². The van der Waals surface area contributed by atoms with Gasteiger partial charge in [0.2, 0.25) is 0 Å². The molecule has 0 spiro atoms. The molecule has 1 aromatic rings. The number of nitrogens with one attached hydrogen (secondary N) is 1. The van der Waals surface area contributed by atoms with E-state index in [2.05, 4.69) is 42.7 Å². The van der Waals surface area contributed by atoms with Gasteiger partial charge in [0.15, 0.2) is 0 Å². The number of hydrogen-bond donors (Lipinski definition) is 1. The highest BCUT2D eigenvalue weighted by Gasteiger charge is 2.15. The minimum atomic E-state index is 0.427. The van der Waals surface area contributed by atoms with E-state index in [1.165, 1.54) is 10.8 Å². The number of thioether (sulfide) groups is 1. The second kappa shape index (κ2) is 6.51. The zero-order valence-corrected chi connectivity index (χ0v) is 11.5. The van der Waals surface area contributed by atoms with E-state index in [1.807, 2.05) is 11.8 Å². The summed E-state index contributed by atoms with van der Waals surface area (Å²) in [7, 11) is 0. The third-order valence-electron chi connectivity index (χ3n) is 2.08. The van der Waals surface area contributed by atoms with Gasteiger partial charge in [-0.2, -0.15) is 11.8 Å². The third kappa shape index (κ3) is 4.53. The van der Waals surface area contributed by atoms with Crippen LogP contribution in [-0.4, -0.2) is 23.0 Å². The number of hydrogen-bond acceptors (Lipinski definition) is 4. The monoisotopic (exact) mass is 244 g/mol. The van der Waals surface area contributed by atoms with Crippen LogP contribution in [0.5, 0.6) is 0 Å². The van der Waals surface area contributed by atoms with Gasteiger partial charge in [-0.05, 0) is 25.4 Å². The molecule has 1 atom stereocenters. The Morgan fingerprint density at radius 2 is 2.27 bits per heavy atom. The fraction of sp³-hybridized carbons (Fsp3) is 0.727. The molecule has 0 aliphatic carbocycles. The molecule has 0 amide bonds. The first-order valence-corrected chi connectivity index (χ1v) is 7.58. The molecule has 0 aliphatic rings. The van der Waals surface area contributed by atoms with Gasteiger partial charge >= 0.3 is 0 Å². The number of rotatable bonds is 6. The second-order valence-electron chi connectivity index (χ2n) is 3.98. The van der Waals surface area contributed by atoms with Crippen LogP contribution in [0.2, 0.25) is 0 Å². The second-order valence-corrected chi connectivity index (χ2v) is 5.86. The smallest absolute Gasteiger partial charge is 0.110 e. The maximum absolute atomic E-state index is 4.56. The van der Waals surface area contributed by atoms with E-state index in [-0.39, 0.29) is 0 Å². The van der Waals surface area contributed by atoms with Crippen LogP contribution in [0.3, 0.4) is 0 Å². The summed E-state index contributed by atoms with van der Waals surface area (Å²) in [6.07, 6.45) is 3.31. The van der Waals surface area contributed by atoms with E-state index >= 15 is 0 Å². The van der Waals surface area contributed by atoms with Crippen molar-refractivity contribution in [3.8, 4) is 0 Å². The predicted octanol–water partition coefficient (Wildman–Crippen LogP) is 3.24. The number of nitrogens with zero attached hydrogens (tertiary/aromatic N) is 1. The van der Waals surface area contributed by atoms with Crippen LogP contribution in [-0.2, 0) is 0 Å². The molecule has 15 heavy (non-hydrogen) atoms. The van der Waals surface area contributed by atoms with E-state index in [9.17, 15) is 0 Å². The molecule has 0 saturated carbocycles. The van der Waals surface area contributed by atoms with E-state index < -0.39 is 0 Å². The minimum Gasteiger partial charge on any atom is -0.306 e. The van der Waals surface area contributed by atoms with Crippen LogP contribution >= 0.6 is 23.1 Å². The molecule has 1 N–H and O–H groups in total. The quantitative estimate of drug-likeness (QED) is 0.831. The van der Waals surface area contributed by atoms with Crippen LogP contribution in [0.1, 0.15) is 37.0 Å². The van der Waals surface area contributed by atoms with Crippen LogP contribution in [0.15, 0.2) is 5.38 Å². The van der Waals surface area contributed by atoms with Crippen molar-refractivity contribution in [3.05, 3.63) is 16.1 Å². The van der Waals surface area contributed by atoms with E-state index in [0.717, 1.165) is 12.1 Å². The Labute approximate surface area is 101 Å². The van der Waals surface area contributed by atoms with Crippen molar-refractivity contribution in [2.75, 3.05) is 12.0 Å². The largest absolute Gasteiger partial charge is 0.306 e. The molecule has 0 radical (unpaired) electrons. The molecule has 1 heterocycles. The number of thiazole rings is 1. The van der Waals surface area contributed by atoms with Gasteiger partial charge in [-0.25, -0.2) is 4.98 Å². The molecule has 0 aliphatic heterocycles. The van der Waals surface area contributed by atoms with Gasteiger partial charge in [0.1, 0.15) is 5.01 Å². The molecule has 0 bridgehead atoms. The lowest BCUT2D eigenvalue weighted by Gasteiger charge is -2.18. The maximum Gasteiger partial charge on any atom is 0.110 e. The highest BCUT2D eigenvalue weighted by atomic mass is 32.2. The third-order valence-corrected chi connectivity index (χ3v) is 3.80. The Balaban J connectivity index is 2.62. The zero-order chi connectivity index (χ0) is 11.3. The minimum absolute atomic E-state index is 0.427. The fourth-order valence-electron chi connectivity index (χ4n) is 1.45. The Morgan fingerprint density at radius 1 is 1.53 bits per heavy atom. The lowest BCUT2D eigenvalue weighted by atomic mass is 10.2. The molecule has 1 rings (SSSR count). The molecule has 0 aromatic carbocycles. The van der Waals surface area contributed by atoms with Gasteiger partial charge in [-0.15, -0.1) is 11.3 Å². The Bertz CT molecular complexity index is 284. The Hall–Kier alpha value is -0.0600. The van der Waals surface area contributed by atoms with Gasteiger partial charge in [0, 0.05) is 17.1 Å². The van der Waals surface area contributed by atoms with Gasteiger partial charge in [-0.1, -0.05) is 13.8 Å². The highest BCUT2D eigenvalue weighted by Crippen LogP contribution is 2.22. The van der Waals surface area contributed by atoms with Gasteiger partial charge in [-0.3, -0.25) is 0 Å². The summed E-state index contributed by atoms with van der Waals surface area (Å²) in [5, 5.41) is 6.94. The van der Waals surface area contributed by atoms with Crippen molar-refractivity contribution in [2.24, 2.45) is 0 Å². The zero-order valence-electron chi connectivity index (χ0n) is 9.91. The summed E-state index contributed by atoms with van der Waals surface area (Å²) in [6.45, 7) is 6.43. The number of aromatic nitrogens is 1. The summed E-state index contributed by atoms with van der Waals surface area (Å²) in [6, 6.07) is 0.942. The summed E-state index contributed by atoms with van der Waals surface area (Å²) >= 11 is 3.66. The SMILES string of the molecule is CSCCC(NC(C)C)c1nc(C)cs1. The first-order valence-electron chi connectivity index (χ1n) is 5.30. The molecule has 0 saturated heterocycles. The van der Waals surface area contributed by atoms with Crippen molar-refractivity contribution in [3.63, 3.8) is 0 Å². The standard InChI is InChI=1S/C11H20N2S2/c1-8(2)12-10(5-6-14-4)11-13-9(3)7-15-11/h7-8,10,12H,5-6H2,1-4H3. The summed E-state index contributed by atoms with van der Waals surface area (Å²) < 4.78 is 0. The van der Waals surface area contributed by atoms with E-state index in [0.29, 0.717) is 12.1 Å². The average Bonchev–Trinajstić information content (AvgIpc) is 2.58. The fourth-order valence-corrected chi connectivity index (χ4v) is 2.81. The highest BCUT2D eigenvalue weighted by molar-refractivity contribution is 7.98. The van der Waals surface area contributed by atoms with E-state index in [4.69, 9.17) is 0 Å². The van der Waals surface area contributed by atoms with Crippen LogP contribution in [0.25, 0.3) is 0 Å². The van der Waals surface area contributed by atoms with Crippen molar-refractivity contribution >= 4 is 23.1 Å². The van der Waals surface area contributed by atoms with E-state index in [1.54, 1.807) is 11.3 Å². The first kappa shape index (κ1) is 13.0. The van der Waals surface area contributed by atoms with Crippen molar-refractivity contribution < 1.29 is 0 Å². The summed E-state index contributed by atoms with van der Waals surface area (Å²) in [5.41, 5.74) is 1.13. The van der Waals surface area contributed by atoms with Gasteiger partial charge < -0.3 is 5.32 Å². The van der Waals surface area contributed by atoms with Crippen LogP contribution in [0.4, 0.5) is 0 Å².